The highest BCUT2D eigenvalue weighted by Crippen LogP contribution is 2.17. The van der Waals surface area contributed by atoms with Gasteiger partial charge in [0.25, 0.3) is 0 Å². The van der Waals surface area contributed by atoms with Gasteiger partial charge in [0, 0.05) is 19.8 Å². The molecule has 1 aromatic heterocycles. The van der Waals surface area contributed by atoms with E-state index in [0.717, 1.165) is 0 Å². The molecule has 1 heterocycles. The summed E-state index contributed by atoms with van der Waals surface area (Å²) in [5.74, 6) is -0.0475. The van der Waals surface area contributed by atoms with Gasteiger partial charge in [0.2, 0.25) is 0 Å². The zero-order chi connectivity index (χ0) is 9.14. The van der Waals surface area contributed by atoms with E-state index in [1.54, 1.807) is 11.9 Å². The van der Waals surface area contributed by atoms with E-state index in [1.165, 1.54) is 12.3 Å². The fourth-order valence-corrected chi connectivity index (χ4v) is 0.983. The molecule has 0 N–H and O–H groups in total. The first kappa shape index (κ1) is 9.26. The minimum Gasteiger partial charge on any atom is -0.358 e. The van der Waals surface area contributed by atoms with E-state index in [2.05, 4.69) is 4.98 Å². The number of pyridine rings is 1. The third kappa shape index (κ3) is 1.85. The minimum atomic E-state index is -0.383. The van der Waals surface area contributed by atoms with Crippen molar-refractivity contribution in [3.63, 3.8) is 0 Å². The molecule has 0 aliphatic heterocycles. The Morgan fingerprint density at radius 1 is 1.67 bits per heavy atom. The van der Waals surface area contributed by atoms with Gasteiger partial charge in [0.05, 0.1) is 5.02 Å². The Labute approximate surface area is 76.0 Å². The predicted octanol–water partition coefficient (Wildman–Crippen LogP) is 2.33. The molecule has 0 saturated carbocycles. The summed E-state index contributed by atoms with van der Waals surface area (Å²) in [7, 11) is 1.78. The first-order valence-corrected chi connectivity index (χ1v) is 4.05. The fourth-order valence-electron chi connectivity index (χ4n) is 0.838. The molecule has 66 valence electrons. The lowest BCUT2D eigenvalue weighted by molar-refractivity contribution is 0.616. The summed E-state index contributed by atoms with van der Waals surface area (Å²) >= 11 is 5.54. The Morgan fingerprint density at radius 2 is 2.33 bits per heavy atom. The van der Waals surface area contributed by atoms with Gasteiger partial charge in [-0.25, -0.2) is 9.37 Å². The van der Waals surface area contributed by atoms with E-state index < -0.39 is 0 Å². The van der Waals surface area contributed by atoms with Gasteiger partial charge in [-0.15, -0.1) is 0 Å². The molecule has 0 atom stereocenters. The van der Waals surface area contributed by atoms with Crippen LogP contribution in [-0.4, -0.2) is 18.6 Å². The number of anilines is 1. The second-order valence-electron chi connectivity index (χ2n) is 2.47. The van der Waals surface area contributed by atoms with E-state index in [9.17, 15) is 4.39 Å². The molecule has 1 rings (SSSR count). The van der Waals surface area contributed by atoms with Crippen molar-refractivity contribution in [2.45, 2.75) is 6.92 Å². The summed E-state index contributed by atoms with van der Waals surface area (Å²) in [5.41, 5.74) is 0. The number of halogens is 2. The molecule has 0 fully saturated rings. The lowest BCUT2D eigenvalue weighted by atomic mass is 10.4. The number of aromatic nitrogens is 1. The van der Waals surface area contributed by atoms with Crippen LogP contribution in [0.2, 0.25) is 5.02 Å². The lowest BCUT2D eigenvalue weighted by Crippen LogP contribution is -2.18. The maximum Gasteiger partial charge on any atom is 0.167 e. The van der Waals surface area contributed by atoms with E-state index in [4.69, 9.17) is 11.6 Å². The zero-order valence-corrected chi connectivity index (χ0v) is 7.77. The van der Waals surface area contributed by atoms with Gasteiger partial charge in [0.15, 0.2) is 11.6 Å². The van der Waals surface area contributed by atoms with Crippen LogP contribution in [0, 0.1) is 5.82 Å². The van der Waals surface area contributed by atoms with Crippen LogP contribution in [0.1, 0.15) is 6.92 Å². The molecule has 1 aromatic rings. The van der Waals surface area contributed by atoms with Crippen LogP contribution in [0.4, 0.5) is 10.2 Å². The maximum absolute atomic E-state index is 13.1. The summed E-state index contributed by atoms with van der Waals surface area (Å²) < 4.78 is 13.1. The molecule has 0 radical (unpaired) electrons. The molecule has 0 unspecified atom stereocenters. The molecule has 0 spiro atoms. The predicted molar refractivity (Wildman–Crippen MR) is 48.1 cm³/mol. The van der Waals surface area contributed by atoms with Gasteiger partial charge in [-0.2, -0.15) is 0 Å². The topological polar surface area (TPSA) is 16.1 Å². The van der Waals surface area contributed by atoms with E-state index in [0.29, 0.717) is 17.4 Å². The highest BCUT2D eigenvalue weighted by Gasteiger charge is 2.07. The van der Waals surface area contributed by atoms with Crippen molar-refractivity contribution in [1.82, 2.24) is 4.98 Å². The largest absolute Gasteiger partial charge is 0.358 e. The molecule has 0 aromatic carbocycles. The van der Waals surface area contributed by atoms with Gasteiger partial charge in [0.1, 0.15) is 0 Å². The maximum atomic E-state index is 13.1. The van der Waals surface area contributed by atoms with Gasteiger partial charge >= 0.3 is 0 Å². The first-order valence-electron chi connectivity index (χ1n) is 3.67. The number of rotatable bonds is 2. The lowest BCUT2D eigenvalue weighted by Gasteiger charge is -2.15. The van der Waals surface area contributed by atoms with E-state index in [-0.39, 0.29) is 5.82 Å². The Kier molecular flexibility index (Phi) is 2.87. The second kappa shape index (κ2) is 3.72. The van der Waals surface area contributed by atoms with Crippen molar-refractivity contribution >= 4 is 17.4 Å². The SMILES string of the molecule is CCN(C)c1ncc(Cl)cc1F. The molecule has 12 heavy (non-hydrogen) atoms. The van der Waals surface area contributed by atoms with Crippen LogP contribution in [0.5, 0.6) is 0 Å². The summed E-state index contributed by atoms with van der Waals surface area (Å²) in [6.07, 6.45) is 1.44. The fraction of sp³-hybridized carbons (Fsp3) is 0.375. The average Bonchev–Trinajstić information content (AvgIpc) is 2.03. The van der Waals surface area contributed by atoms with Crippen molar-refractivity contribution in [1.29, 1.82) is 0 Å². The number of nitrogens with zero attached hydrogens (tertiary/aromatic N) is 2. The smallest absolute Gasteiger partial charge is 0.167 e. The highest BCUT2D eigenvalue weighted by molar-refractivity contribution is 6.30. The van der Waals surface area contributed by atoms with Crippen LogP contribution >= 0.6 is 11.6 Å². The van der Waals surface area contributed by atoms with Crippen molar-refractivity contribution < 1.29 is 4.39 Å². The van der Waals surface area contributed by atoms with Crippen LogP contribution in [0.15, 0.2) is 12.3 Å². The third-order valence-corrected chi connectivity index (χ3v) is 1.83. The van der Waals surface area contributed by atoms with Crippen molar-refractivity contribution in [2.75, 3.05) is 18.5 Å². The molecule has 2 nitrogen and oxygen atoms in total. The van der Waals surface area contributed by atoms with E-state index >= 15 is 0 Å². The van der Waals surface area contributed by atoms with Crippen molar-refractivity contribution in [2.24, 2.45) is 0 Å². The molecule has 4 heteroatoms. The number of hydrogen-bond acceptors (Lipinski definition) is 2. The molecular formula is C8H10ClFN2. The minimum absolute atomic E-state index is 0.320. The zero-order valence-electron chi connectivity index (χ0n) is 7.01. The molecule has 0 aliphatic rings. The van der Waals surface area contributed by atoms with Gasteiger partial charge in [-0.1, -0.05) is 11.6 Å². The standard InChI is InChI=1S/C8H10ClFN2/c1-3-12(2)8-7(10)4-6(9)5-11-8/h4-5H,3H2,1-2H3. The summed E-state index contributed by atoms with van der Waals surface area (Å²) in [6.45, 7) is 2.64. The van der Waals surface area contributed by atoms with Gasteiger partial charge in [-0.3, -0.25) is 0 Å². The molecule has 0 bridgehead atoms. The average molecular weight is 189 g/mol. The van der Waals surface area contributed by atoms with Gasteiger partial charge in [-0.05, 0) is 13.0 Å². The Morgan fingerprint density at radius 3 is 2.83 bits per heavy atom. The Hall–Kier alpha value is -0.830. The molecule has 0 saturated heterocycles. The summed E-state index contributed by atoms with van der Waals surface area (Å²) in [5, 5.41) is 0.320. The monoisotopic (exact) mass is 188 g/mol. The normalized spacial score (nSPS) is 10.0. The van der Waals surface area contributed by atoms with E-state index in [1.807, 2.05) is 6.92 Å². The van der Waals surface area contributed by atoms with Crippen molar-refractivity contribution in [3.8, 4) is 0 Å². The quantitative estimate of drug-likeness (QED) is 0.708. The highest BCUT2D eigenvalue weighted by atomic mass is 35.5. The Bertz CT molecular complexity index is 278. The second-order valence-corrected chi connectivity index (χ2v) is 2.91. The first-order chi connectivity index (χ1) is 5.65. The summed E-state index contributed by atoms with van der Waals surface area (Å²) in [4.78, 5) is 5.58. The van der Waals surface area contributed by atoms with Crippen LogP contribution < -0.4 is 4.90 Å². The third-order valence-electron chi connectivity index (χ3n) is 1.62. The van der Waals surface area contributed by atoms with Crippen LogP contribution in [0.3, 0.4) is 0 Å². The van der Waals surface area contributed by atoms with Crippen LogP contribution in [0.25, 0.3) is 0 Å². The van der Waals surface area contributed by atoms with Crippen molar-refractivity contribution in [3.05, 3.63) is 23.1 Å². The molecular weight excluding hydrogens is 179 g/mol. The molecule has 0 amide bonds. The summed E-state index contributed by atoms with van der Waals surface area (Å²) in [6, 6.07) is 1.26. The Balaban J connectivity index is 3.01. The number of hydrogen-bond donors (Lipinski definition) is 0. The molecule has 0 aliphatic carbocycles. The van der Waals surface area contributed by atoms with Gasteiger partial charge < -0.3 is 4.90 Å². The van der Waals surface area contributed by atoms with Crippen LogP contribution in [-0.2, 0) is 0 Å².